The molecular formula is C16H19NO2S. The molecule has 2 aromatic heterocycles. The Morgan fingerprint density at radius 1 is 1.40 bits per heavy atom. The predicted octanol–water partition coefficient (Wildman–Crippen LogP) is 4.15. The number of aromatic carboxylic acids is 1. The van der Waals surface area contributed by atoms with E-state index >= 15 is 0 Å². The molecule has 1 N–H and O–H groups in total. The van der Waals surface area contributed by atoms with Gasteiger partial charge in [-0.25, -0.2) is 9.78 Å². The monoisotopic (exact) mass is 289 g/mol. The Hall–Kier alpha value is -1.42. The van der Waals surface area contributed by atoms with Crippen LogP contribution in [-0.2, 0) is 12.8 Å². The van der Waals surface area contributed by atoms with Crippen LogP contribution >= 0.6 is 11.3 Å². The average molecular weight is 289 g/mol. The summed E-state index contributed by atoms with van der Waals surface area (Å²) in [6, 6.07) is 3.90. The van der Waals surface area contributed by atoms with Crippen molar-refractivity contribution in [3.05, 3.63) is 28.3 Å². The first kappa shape index (κ1) is 13.6. The maximum atomic E-state index is 11.1. The maximum absolute atomic E-state index is 11.1. The van der Waals surface area contributed by atoms with Crippen LogP contribution in [-0.4, -0.2) is 16.1 Å². The highest BCUT2D eigenvalue weighted by Crippen LogP contribution is 2.38. The Morgan fingerprint density at radius 3 is 2.80 bits per heavy atom. The summed E-state index contributed by atoms with van der Waals surface area (Å²) < 4.78 is 0. The van der Waals surface area contributed by atoms with Crippen LogP contribution in [0.15, 0.2) is 12.1 Å². The quantitative estimate of drug-likeness (QED) is 0.858. The van der Waals surface area contributed by atoms with Gasteiger partial charge in [0.1, 0.15) is 9.71 Å². The van der Waals surface area contributed by atoms with Gasteiger partial charge in [-0.05, 0) is 48.3 Å². The molecule has 2 heterocycles. The van der Waals surface area contributed by atoms with Gasteiger partial charge in [0.2, 0.25) is 0 Å². The molecular weight excluding hydrogens is 270 g/mol. The number of rotatable bonds is 1. The first-order valence-corrected chi connectivity index (χ1v) is 7.82. The number of carboxylic acid groups (broad SMARTS) is 1. The fourth-order valence-electron chi connectivity index (χ4n) is 2.97. The number of hydrogen-bond donors (Lipinski definition) is 1. The molecule has 0 radical (unpaired) electrons. The number of aryl methyl sites for hydroxylation is 1. The Bertz CT molecular complexity index is 682. The van der Waals surface area contributed by atoms with Gasteiger partial charge in [0.25, 0.3) is 0 Å². The van der Waals surface area contributed by atoms with E-state index in [1.165, 1.54) is 23.3 Å². The zero-order chi connectivity index (χ0) is 14.5. The minimum Gasteiger partial charge on any atom is -0.477 e. The van der Waals surface area contributed by atoms with E-state index in [9.17, 15) is 4.79 Å². The van der Waals surface area contributed by atoms with Crippen molar-refractivity contribution in [3.8, 4) is 0 Å². The lowest BCUT2D eigenvalue weighted by molar-refractivity contribution is 0.0702. The maximum Gasteiger partial charge on any atom is 0.345 e. The van der Waals surface area contributed by atoms with Gasteiger partial charge in [-0.3, -0.25) is 0 Å². The molecule has 2 aromatic rings. The van der Waals surface area contributed by atoms with E-state index < -0.39 is 5.97 Å². The summed E-state index contributed by atoms with van der Waals surface area (Å²) in [4.78, 5) is 17.0. The molecule has 0 bridgehead atoms. The van der Waals surface area contributed by atoms with E-state index in [0.717, 1.165) is 28.8 Å². The third kappa shape index (κ3) is 2.33. The zero-order valence-electron chi connectivity index (χ0n) is 12.1. The van der Waals surface area contributed by atoms with E-state index in [2.05, 4.69) is 26.8 Å². The Labute approximate surface area is 122 Å². The topological polar surface area (TPSA) is 50.2 Å². The van der Waals surface area contributed by atoms with Gasteiger partial charge in [-0.2, -0.15) is 0 Å². The van der Waals surface area contributed by atoms with Crippen molar-refractivity contribution in [2.45, 2.75) is 40.0 Å². The SMILES string of the molecule is CC(C)(C)[C@@H]1CCc2nc3sc(C(=O)O)cc3cc2C1. The highest BCUT2D eigenvalue weighted by molar-refractivity contribution is 7.20. The van der Waals surface area contributed by atoms with Crippen molar-refractivity contribution in [2.75, 3.05) is 0 Å². The molecule has 0 amide bonds. The largest absolute Gasteiger partial charge is 0.477 e. The average Bonchev–Trinajstić information content (AvgIpc) is 2.77. The lowest BCUT2D eigenvalue weighted by atomic mass is 9.71. The molecule has 3 rings (SSSR count). The molecule has 20 heavy (non-hydrogen) atoms. The lowest BCUT2D eigenvalue weighted by Gasteiger charge is -2.34. The molecule has 0 spiro atoms. The summed E-state index contributed by atoms with van der Waals surface area (Å²) in [6.45, 7) is 6.88. The van der Waals surface area contributed by atoms with Crippen LogP contribution in [0.2, 0.25) is 0 Å². The highest BCUT2D eigenvalue weighted by atomic mass is 32.1. The first-order chi connectivity index (χ1) is 9.34. The number of carboxylic acids is 1. The third-order valence-electron chi connectivity index (χ3n) is 4.31. The zero-order valence-corrected chi connectivity index (χ0v) is 12.9. The van der Waals surface area contributed by atoms with Gasteiger partial charge in [-0.15, -0.1) is 11.3 Å². The minimum atomic E-state index is -0.862. The summed E-state index contributed by atoms with van der Waals surface area (Å²) in [5.74, 6) is -0.189. The predicted molar refractivity (Wildman–Crippen MR) is 81.5 cm³/mol. The molecule has 1 atom stereocenters. The van der Waals surface area contributed by atoms with Crippen molar-refractivity contribution >= 4 is 27.5 Å². The number of nitrogens with zero attached hydrogens (tertiary/aromatic N) is 1. The molecule has 0 aromatic carbocycles. The smallest absolute Gasteiger partial charge is 0.345 e. The number of pyridine rings is 1. The standard InChI is InChI=1S/C16H19NO2S/c1-16(2,3)11-4-5-12-9(7-11)6-10-8-13(15(18)19)20-14(10)17-12/h6,8,11H,4-5,7H2,1-3H3,(H,18,19)/t11-/m1/s1. The van der Waals surface area contributed by atoms with Crippen LogP contribution in [0.1, 0.15) is 48.1 Å². The highest BCUT2D eigenvalue weighted by Gasteiger charge is 2.29. The molecule has 106 valence electrons. The van der Waals surface area contributed by atoms with Gasteiger partial charge in [0.05, 0.1) is 0 Å². The fraction of sp³-hybridized carbons (Fsp3) is 0.500. The minimum absolute atomic E-state index is 0.313. The van der Waals surface area contributed by atoms with Crippen molar-refractivity contribution < 1.29 is 9.90 Å². The van der Waals surface area contributed by atoms with Crippen LogP contribution in [0.4, 0.5) is 0 Å². The molecule has 0 fully saturated rings. The molecule has 0 unspecified atom stereocenters. The van der Waals surface area contributed by atoms with Crippen LogP contribution in [0.3, 0.4) is 0 Å². The second-order valence-electron chi connectivity index (χ2n) is 6.71. The Morgan fingerprint density at radius 2 is 2.15 bits per heavy atom. The number of carbonyl (C=O) groups is 1. The van der Waals surface area contributed by atoms with Crippen LogP contribution < -0.4 is 0 Å². The van der Waals surface area contributed by atoms with Crippen LogP contribution in [0.25, 0.3) is 10.2 Å². The van der Waals surface area contributed by atoms with Gasteiger partial charge >= 0.3 is 5.97 Å². The number of hydrogen-bond acceptors (Lipinski definition) is 3. The normalized spacial score (nSPS) is 19.1. The van der Waals surface area contributed by atoms with E-state index in [4.69, 9.17) is 10.1 Å². The van der Waals surface area contributed by atoms with E-state index in [1.807, 2.05) is 0 Å². The van der Waals surface area contributed by atoms with Crippen molar-refractivity contribution in [3.63, 3.8) is 0 Å². The van der Waals surface area contributed by atoms with Crippen molar-refractivity contribution in [1.82, 2.24) is 4.98 Å². The third-order valence-corrected chi connectivity index (χ3v) is 5.34. The van der Waals surface area contributed by atoms with Crippen molar-refractivity contribution in [2.24, 2.45) is 11.3 Å². The van der Waals surface area contributed by atoms with E-state index in [-0.39, 0.29) is 0 Å². The summed E-state index contributed by atoms with van der Waals surface area (Å²) in [7, 11) is 0. The van der Waals surface area contributed by atoms with E-state index in [1.54, 1.807) is 6.07 Å². The van der Waals surface area contributed by atoms with E-state index in [0.29, 0.717) is 16.2 Å². The van der Waals surface area contributed by atoms with Crippen molar-refractivity contribution in [1.29, 1.82) is 0 Å². The lowest BCUT2D eigenvalue weighted by Crippen LogP contribution is -2.27. The summed E-state index contributed by atoms with van der Waals surface area (Å²) in [5.41, 5.74) is 2.78. The molecule has 1 aliphatic carbocycles. The second kappa shape index (κ2) is 4.55. The first-order valence-electron chi connectivity index (χ1n) is 7.00. The molecule has 0 saturated heterocycles. The second-order valence-corrected chi connectivity index (χ2v) is 7.74. The van der Waals surface area contributed by atoms with Gasteiger partial charge in [-0.1, -0.05) is 20.8 Å². The molecule has 0 aliphatic heterocycles. The van der Waals surface area contributed by atoms with Gasteiger partial charge < -0.3 is 5.11 Å². The summed E-state index contributed by atoms with van der Waals surface area (Å²) in [6.07, 6.45) is 3.24. The number of aromatic nitrogens is 1. The molecule has 0 saturated carbocycles. The number of thiophene rings is 1. The summed E-state index contributed by atoms with van der Waals surface area (Å²) >= 11 is 1.27. The van der Waals surface area contributed by atoms with Crippen LogP contribution in [0.5, 0.6) is 0 Å². The van der Waals surface area contributed by atoms with Crippen LogP contribution in [0, 0.1) is 11.3 Å². The fourth-order valence-corrected chi connectivity index (χ4v) is 3.84. The number of fused-ring (bicyclic) bond motifs is 2. The molecule has 4 heteroatoms. The summed E-state index contributed by atoms with van der Waals surface area (Å²) in [5, 5.41) is 10.1. The van der Waals surface area contributed by atoms with Gasteiger partial charge in [0.15, 0.2) is 0 Å². The molecule has 1 aliphatic rings. The Balaban J connectivity index is 2.02. The molecule has 3 nitrogen and oxygen atoms in total. The Kier molecular flexibility index (Phi) is 3.09. The van der Waals surface area contributed by atoms with Gasteiger partial charge in [0, 0.05) is 11.1 Å².